The number of pyridine rings is 2. The molecule has 3 aromatic rings. The van der Waals surface area contributed by atoms with Crippen molar-refractivity contribution < 1.29 is 4.79 Å². The SMILES string of the molecule is C[C@H](c1ccccc1)N(C(N)=O)c1ccc2ncccc2n1. The second-order valence-corrected chi connectivity index (χ2v) is 5.01. The Morgan fingerprint density at radius 3 is 2.55 bits per heavy atom. The van der Waals surface area contributed by atoms with Crippen molar-refractivity contribution in [1.29, 1.82) is 0 Å². The Bertz CT molecular complexity index is 804. The van der Waals surface area contributed by atoms with Gasteiger partial charge in [-0.25, -0.2) is 9.78 Å². The van der Waals surface area contributed by atoms with Gasteiger partial charge in [-0.05, 0) is 36.8 Å². The van der Waals surface area contributed by atoms with E-state index in [1.54, 1.807) is 12.3 Å². The Balaban J connectivity index is 2.04. The molecule has 0 aliphatic carbocycles. The predicted molar refractivity (Wildman–Crippen MR) is 86.5 cm³/mol. The van der Waals surface area contributed by atoms with Crippen molar-refractivity contribution in [3.63, 3.8) is 0 Å². The standard InChI is InChI=1S/C17H16N4O/c1-12(13-6-3-2-4-7-13)21(17(18)22)16-10-9-14-15(20-16)8-5-11-19-14/h2-12H,1H3,(H2,18,22)/t12-/m1/s1. The number of hydrogen-bond donors (Lipinski definition) is 1. The molecule has 5 nitrogen and oxygen atoms in total. The summed E-state index contributed by atoms with van der Waals surface area (Å²) in [6, 6.07) is 16.3. The maximum atomic E-state index is 11.9. The zero-order valence-electron chi connectivity index (χ0n) is 12.2. The minimum Gasteiger partial charge on any atom is -0.351 e. The van der Waals surface area contributed by atoms with Crippen molar-refractivity contribution in [2.45, 2.75) is 13.0 Å². The highest BCUT2D eigenvalue weighted by atomic mass is 16.2. The molecule has 22 heavy (non-hydrogen) atoms. The van der Waals surface area contributed by atoms with Gasteiger partial charge in [0.15, 0.2) is 0 Å². The number of anilines is 1. The normalized spacial score (nSPS) is 12.0. The van der Waals surface area contributed by atoms with Gasteiger partial charge in [-0.1, -0.05) is 30.3 Å². The lowest BCUT2D eigenvalue weighted by molar-refractivity contribution is 0.252. The van der Waals surface area contributed by atoms with Gasteiger partial charge in [0.05, 0.1) is 17.1 Å². The number of nitrogens with two attached hydrogens (primary N) is 1. The van der Waals surface area contributed by atoms with Crippen LogP contribution in [0.2, 0.25) is 0 Å². The quantitative estimate of drug-likeness (QED) is 0.805. The molecule has 2 N–H and O–H groups in total. The van der Waals surface area contributed by atoms with Crippen molar-refractivity contribution in [3.8, 4) is 0 Å². The third-order valence-electron chi connectivity index (χ3n) is 3.60. The maximum Gasteiger partial charge on any atom is 0.321 e. The molecule has 0 aliphatic heterocycles. The van der Waals surface area contributed by atoms with Crippen LogP contribution in [0.1, 0.15) is 18.5 Å². The Morgan fingerprint density at radius 2 is 1.82 bits per heavy atom. The number of nitrogens with zero attached hydrogens (tertiary/aromatic N) is 3. The lowest BCUT2D eigenvalue weighted by Gasteiger charge is -2.27. The third-order valence-corrected chi connectivity index (χ3v) is 3.60. The second kappa shape index (κ2) is 5.81. The van der Waals surface area contributed by atoms with Crippen LogP contribution in [0.4, 0.5) is 10.6 Å². The van der Waals surface area contributed by atoms with Gasteiger partial charge in [-0.2, -0.15) is 0 Å². The molecule has 2 aromatic heterocycles. The first-order valence-corrected chi connectivity index (χ1v) is 7.02. The number of aromatic nitrogens is 2. The van der Waals surface area contributed by atoms with Crippen LogP contribution < -0.4 is 10.6 Å². The van der Waals surface area contributed by atoms with Crippen molar-refractivity contribution in [3.05, 3.63) is 66.4 Å². The first kappa shape index (κ1) is 14.0. The van der Waals surface area contributed by atoms with Gasteiger partial charge in [0, 0.05) is 6.20 Å². The fourth-order valence-corrected chi connectivity index (χ4v) is 2.46. The van der Waals surface area contributed by atoms with E-state index in [1.165, 1.54) is 4.90 Å². The molecule has 0 unspecified atom stereocenters. The van der Waals surface area contributed by atoms with Gasteiger partial charge in [0.1, 0.15) is 5.82 Å². The van der Waals surface area contributed by atoms with Gasteiger partial charge in [-0.15, -0.1) is 0 Å². The molecule has 1 aromatic carbocycles. The van der Waals surface area contributed by atoms with Crippen molar-refractivity contribution in [2.75, 3.05) is 4.90 Å². The number of fused-ring (bicyclic) bond motifs is 1. The summed E-state index contributed by atoms with van der Waals surface area (Å²) in [5, 5.41) is 0. The number of carbonyl (C=O) groups excluding carboxylic acids is 1. The molecule has 0 saturated carbocycles. The molecule has 5 heteroatoms. The zero-order valence-corrected chi connectivity index (χ0v) is 12.2. The molecule has 1 atom stereocenters. The highest BCUT2D eigenvalue weighted by Gasteiger charge is 2.22. The number of rotatable bonds is 3. The lowest BCUT2D eigenvalue weighted by Crippen LogP contribution is -2.38. The monoisotopic (exact) mass is 292 g/mol. The van der Waals surface area contributed by atoms with E-state index in [0.717, 1.165) is 16.6 Å². The molecular weight excluding hydrogens is 276 g/mol. The number of benzene rings is 1. The van der Waals surface area contributed by atoms with Gasteiger partial charge in [-0.3, -0.25) is 9.88 Å². The van der Waals surface area contributed by atoms with Crippen LogP contribution in [0.3, 0.4) is 0 Å². The summed E-state index contributed by atoms with van der Waals surface area (Å²) in [5.74, 6) is 0.518. The minimum atomic E-state index is -0.535. The molecule has 0 radical (unpaired) electrons. The fraction of sp³-hybridized carbons (Fsp3) is 0.118. The molecule has 2 amide bonds. The summed E-state index contributed by atoms with van der Waals surface area (Å²) >= 11 is 0. The predicted octanol–water partition coefficient (Wildman–Crippen LogP) is 3.28. The molecule has 0 saturated heterocycles. The Kier molecular flexibility index (Phi) is 3.70. The number of carbonyl (C=O) groups is 1. The second-order valence-electron chi connectivity index (χ2n) is 5.01. The van der Waals surface area contributed by atoms with Crippen molar-refractivity contribution >= 4 is 22.9 Å². The summed E-state index contributed by atoms with van der Waals surface area (Å²) in [4.78, 5) is 22.2. The topological polar surface area (TPSA) is 72.1 Å². The number of primary amides is 1. The van der Waals surface area contributed by atoms with Crippen LogP contribution in [-0.4, -0.2) is 16.0 Å². The van der Waals surface area contributed by atoms with Gasteiger partial charge in [0.2, 0.25) is 0 Å². The first-order chi connectivity index (χ1) is 10.7. The fourth-order valence-electron chi connectivity index (χ4n) is 2.46. The van der Waals surface area contributed by atoms with Gasteiger partial charge >= 0.3 is 6.03 Å². The van der Waals surface area contributed by atoms with E-state index in [4.69, 9.17) is 5.73 Å². The smallest absolute Gasteiger partial charge is 0.321 e. The zero-order chi connectivity index (χ0) is 15.5. The van der Waals surface area contributed by atoms with Crippen LogP contribution in [-0.2, 0) is 0 Å². The van der Waals surface area contributed by atoms with Crippen LogP contribution in [0.25, 0.3) is 11.0 Å². The minimum absolute atomic E-state index is 0.208. The van der Waals surface area contributed by atoms with Crippen molar-refractivity contribution in [2.24, 2.45) is 5.73 Å². The third kappa shape index (κ3) is 2.61. The van der Waals surface area contributed by atoms with E-state index >= 15 is 0 Å². The Morgan fingerprint density at radius 1 is 1.05 bits per heavy atom. The molecule has 110 valence electrons. The summed E-state index contributed by atoms with van der Waals surface area (Å²) in [6.45, 7) is 1.93. The van der Waals surface area contributed by atoms with Crippen molar-refractivity contribution in [1.82, 2.24) is 9.97 Å². The first-order valence-electron chi connectivity index (χ1n) is 7.02. The molecular formula is C17H16N4O. The molecule has 0 fully saturated rings. The van der Waals surface area contributed by atoms with E-state index in [2.05, 4.69) is 9.97 Å². The van der Waals surface area contributed by atoms with E-state index in [1.807, 2.05) is 55.5 Å². The average molecular weight is 292 g/mol. The summed E-state index contributed by atoms with van der Waals surface area (Å²) in [6.07, 6.45) is 1.71. The molecule has 0 spiro atoms. The van der Waals surface area contributed by atoms with Crippen LogP contribution >= 0.6 is 0 Å². The largest absolute Gasteiger partial charge is 0.351 e. The Hall–Kier alpha value is -2.95. The molecule has 2 heterocycles. The molecule has 0 bridgehead atoms. The summed E-state index contributed by atoms with van der Waals surface area (Å²) in [5.41, 5.74) is 8.09. The highest BCUT2D eigenvalue weighted by molar-refractivity contribution is 5.91. The number of amides is 2. The van der Waals surface area contributed by atoms with Gasteiger partial charge < -0.3 is 5.73 Å². The van der Waals surface area contributed by atoms with Crippen LogP contribution in [0, 0.1) is 0 Å². The van der Waals surface area contributed by atoms with E-state index in [-0.39, 0.29) is 6.04 Å². The maximum absolute atomic E-state index is 11.9. The average Bonchev–Trinajstić information content (AvgIpc) is 2.55. The van der Waals surface area contributed by atoms with E-state index in [9.17, 15) is 4.79 Å². The van der Waals surface area contributed by atoms with Crippen LogP contribution in [0.5, 0.6) is 0 Å². The van der Waals surface area contributed by atoms with E-state index in [0.29, 0.717) is 5.82 Å². The number of hydrogen-bond acceptors (Lipinski definition) is 3. The number of urea groups is 1. The Labute approximate surface area is 128 Å². The highest BCUT2D eigenvalue weighted by Crippen LogP contribution is 2.26. The lowest BCUT2D eigenvalue weighted by atomic mass is 10.1. The molecule has 3 rings (SSSR count). The molecule has 0 aliphatic rings. The summed E-state index contributed by atoms with van der Waals surface area (Å²) < 4.78 is 0. The van der Waals surface area contributed by atoms with Crippen LogP contribution in [0.15, 0.2) is 60.8 Å². The van der Waals surface area contributed by atoms with E-state index < -0.39 is 6.03 Å². The summed E-state index contributed by atoms with van der Waals surface area (Å²) in [7, 11) is 0. The van der Waals surface area contributed by atoms with Gasteiger partial charge in [0.25, 0.3) is 0 Å².